The first-order valence-corrected chi connectivity index (χ1v) is 9.27. The van der Waals surface area contributed by atoms with Gasteiger partial charge in [-0.1, -0.05) is 57.9 Å². The molecule has 4 unspecified atom stereocenters. The number of allylic oxidation sites excluding steroid dienone is 3. The van der Waals surface area contributed by atoms with E-state index < -0.39 is 5.97 Å². The SMILES string of the molecule is CCCCC(C=CCC=CCC1OC1CC)C(C)CCC(=O)O. The minimum Gasteiger partial charge on any atom is -0.481 e. The molecular formula is C20H34O3. The van der Waals surface area contributed by atoms with Gasteiger partial charge >= 0.3 is 5.97 Å². The summed E-state index contributed by atoms with van der Waals surface area (Å²) >= 11 is 0. The zero-order valence-electron chi connectivity index (χ0n) is 15.0. The second kappa shape index (κ2) is 11.4. The number of epoxide rings is 1. The molecule has 0 aromatic heterocycles. The summed E-state index contributed by atoms with van der Waals surface area (Å²) in [5, 5.41) is 8.84. The van der Waals surface area contributed by atoms with Gasteiger partial charge in [0.1, 0.15) is 0 Å². The van der Waals surface area contributed by atoms with Crippen molar-refractivity contribution < 1.29 is 14.6 Å². The molecule has 23 heavy (non-hydrogen) atoms. The molecule has 1 aliphatic heterocycles. The van der Waals surface area contributed by atoms with Gasteiger partial charge in [0.2, 0.25) is 0 Å². The fourth-order valence-corrected chi connectivity index (χ4v) is 2.98. The fraction of sp³-hybridized carbons (Fsp3) is 0.750. The van der Waals surface area contributed by atoms with E-state index >= 15 is 0 Å². The second-order valence-corrected chi connectivity index (χ2v) is 6.71. The van der Waals surface area contributed by atoms with Crippen LogP contribution >= 0.6 is 0 Å². The molecular weight excluding hydrogens is 288 g/mol. The van der Waals surface area contributed by atoms with Gasteiger partial charge in [0.15, 0.2) is 0 Å². The molecule has 0 aliphatic carbocycles. The summed E-state index contributed by atoms with van der Waals surface area (Å²) < 4.78 is 5.52. The van der Waals surface area contributed by atoms with Crippen LogP contribution in [0.4, 0.5) is 0 Å². The monoisotopic (exact) mass is 322 g/mol. The Morgan fingerprint density at radius 1 is 1.17 bits per heavy atom. The Labute approximate surface area is 141 Å². The van der Waals surface area contributed by atoms with Gasteiger partial charge in [-0.25, -0.2) is 0 Å². The molecule has 1 heterocycles. The standard InChI is InChI=1S/C20H34O3/c1-4-6-11-17(16(3)14-15-20(21)22)12-9-7-8-10-13-19-18(5-2)23-19/h8-10,12,16-19H,4-7,11,13-15H2,1-3H3,(H,21,22). The van der Waals surface area contributed by atoms with Gasteiger partial charge in [-0.2, -0.15) is 0 Å². The van der Waals surface area contributed by atoms with Crippen LogP contribution in [-0.4, -0.2) is 23.3 Å². The number of aliphatic carboxylic acids is 1. The van der Waals surface area contributed by atoms with Gasteiger partial charge in [-0.3, -0.25) is 4.79 Å². The molecule has 3 nitrogen and oxygen atoms in total. The Bertz CT molecular complexity index is 386. The molecule has 0 spiro atoms. The zero-order chi connectivity index (χ0) is 17.1. The minimum absolute atomic E-state index is 0.275. The fourth-order valence-electron chi connectivity index (χ4n) is 2.98. The van der Waals surface area contributed by atoms with Crippen LogP contribution < -0.4 is 0 Å². The lowest BCUT2D eigenvalue weighted by Gasteiger charge is -2.20. The van der Waals surface area contributed by atoms with Crippen molar-refractivity contribution in [2.24, 2.45) is 11.8 Å². The molecule has 0 amide bonds. The van der Waals surface area contributed by atoms with Gasteiger partial charge in [-0.05, 0) is 43.9 Å². The highest BCUT2D eigenvalue weighted by molar-refractivity contribution is 5.66. The predicted molar refractivity (Wildman–Crippen MR) is 95.5 cm³/mol. The molecule has 1 saturated heterocycles. The third-order valence-electron chi connectivity index (χ3n) is 4.72. The van der Waals surface area contributed by atoms with E-state index in [4.69, 9.17) is 9.84 Å². The van der Waals surface area contributed by atoms with Crippen LogP contribution in [0, 0.1) is 11.8 Å². The molecule has 4 atom stereocenters. The topological polar surface area (TPSA) is 49.8 Å². The average Bonchev–Trinajstić information content (AvgIpc) is 3.29. The molecule has 0 saturated carbocycles. The van der Waals surface area contributed by atoms with Crippen molar-refractivity contribution in [2.75, 3.05) is 0 Å². The van der Waals surface area contributed by atoms with Gasteiger partial charge in [0.25, 0.3) is 0 Å². The number of unbranched alkanes of at least 4 members (excludes halogenated alkanes) is 1. The number of hydrogen-bond acceptors (Lipinski definition) is 2. The summed E-state index contributed by atoms with van der Waals surface area (Å²) in [6, 6.07) is 0. The lowest BCUT2D eigenvalue weighted by molar-refractivity contribution is -0.137. The number of carbonyl (C=O) groups is 1. The molecule has 3 heteroatoms. The molecule has 1 N–H and O–H groups in total. The van der Waals surface area contributed by atoms with Crippen molar-refractivity contribution >= 4 is 5.97 Å². The number of hydrogen-bond donors (Lipinski definition) is 1. The average molecular weight is 322 g/mol. The van der Waals surface area contributed by atoms with Gasteiger partial charge in [-0.15, -0.1) is 0 Å². The highest BCUT2D eigenvalue weighted by Crippen LogP contribution is 2.28. The summed E-state index contributed by atoms with van der Waals surface area (Å²) in [5.74, 6) is 0.243. The molecule has 1 fully saturated rings. The molecule has 0 bridgehead atoms. The van der Waals surface area contributed by atoms with Crippen molar-refractivity contribution in [1.82, 2.24) is 0 Å². The van der Waals surface area contributed by atoms with Crippen LogP contribution in [0.15, 0.2) is 24.3 Å². The molecule has 0 aromatic carbocycles. The summed E-state index contributed by atoms with van der Waals surface area (Å²) in [4.78, 5) is 10.7. The number of carboxylic acid groups (broad SMARTS) is 1. The van der Waals surface area contributed by atoms with Crippen molar-refractivity contribution in [3.63, 3.8) is 0 Å². The third-order valence-corrected chi connectivity index (χ3v) is 4.72. The summed E-state index contributed by atoms with van der Waals surface area (Å²) in [6.07, 6.45) is 17.6. The lowest BCUT2D eigenvalue weighted by Crippen LogP contribution is -2.11. The van der Waals surface area contributed by atoms with Crippen LogP contribution in [0.1, 0.15) is 72.1 Å². The van der Waals surface area contributed by atoms with Gasteiger partial charge in [0, 0.05) is 6.42 Å². The van der Waals surface area contributed by atoms with Gasteiger partial charge in [0.05, 0.1) is 12.2 Å². The maximum Gasteiger partial charge on any atom is 0.303 e. The Hall–Kier alpha value is -1.09. The Morgan fingerprint density at radius 2 is 1.96 bits per heavy atom. The second-order valence-electron chi connectivity index (χ2n) is 6.71. The van der Waals surface area contributed by atoms with E-state index in [1.54, 1.807) is 0 Å². The van der Waals surface area contributed by atoms with Crippen molar-refractivity contribution in [2.45, 2.75) is 84.3 Å². The number of carboxylic acids is 1. The van der Waals surface area contributed by atoms with E-state index in [0.29, 0.717) is 24.0 Å². The van der Waals surface area contributed by atoms with Crippen molar-refractivity contribution in [3.05, 3.63) is 24.3 Å². The third kappa shape index (κ3) is 8.95. The van der Waals surface area contributed by atoms with E-state index in [1.807, 2.05) is 0 Å². The van der Waals surface area contributed by atoms with Crippen LogP contribution in [0.2, 0.25) is 0 Å². The highest BCUT2D eigenvalue weighted by Gasteiger charge is 2.35. The van der Waals surface area contributed by atoms with Crippen molar-refractivity contribution in [1.29, 1.82) is 0 Å². The predicted octanol–water partition coefficient (Wildman–Crippen LogP) is 5.36. The molecule has 1 aliphatic rings. The normalized spacial score (nSPS) is 23.4. The lowest BCUT2D eigenvalue weighted by atomic mass is 9.85. The summed E-state index contributed by atoms with van der Waals surface area (Å²) in [6.45, 7) is 6.55. The quantitative estimate of drug-likeness (QED) is 0.366. The maximum absolute atomic E-state index is 10.7. The molecule has 132 valence electrons. The van der Waals surface area contributed by atoms with Crippen LogP contribution in [0.25, 0.3) is 0 Å². The van der Waals surface area contributed by atoms with Crippen LogP contribution in [0.5, 0.6) is 0 Å². The molecule has 0 aromatic rings. The van der Waals surface area contributed by atoms with Crippen LogP contribution in [-0.2, 0) is 9.53 Å². The first kappa shape index (κ1) is 20.0. The first-order chi connectivity index (χ1) is 11.1. The molecule has 0 radical (unpaired) electrons. The van der Waals surface area contributed by atoms with Crippen LogP contribution in [0.3, 0.4) is 0 Å². The van der Waals surface area contributed by atoms with Gasteiger partial charge < -0.3 is 9.84 Å². The Kier molecular flexibility index (Phi) is 9.93. The largest absolute Gasteiger partial charge is 0.481 e. The maximum atomic E-state index is 10.7. The van der Waals surface area contributed by atoms with E-state index in [2.05, 4.69) is 45.1 Å². The Morgan fingerprint density at radius 3 is 2.57 bits per heavy atom. The summed E-state index contributed by atoms with van der Waals surface area (Å²) in [7, 11) is 0. The van der Waals surface area contributed by atoms with E-state index in [1.165, 1.54) is 12.8 Å². The highest BCUT2D eigenvalue weighted by atomic mass is 16.6. The molecule has 1 rings (SSSR count). The summed E-state index contributed by atoms with van der Waals surface area (Å²) in [5.41, 5.74) is 0. The number of rotatable bonds is 13. The van der Waals surface area contributed by atoms with E-state index in [9.17, 15) is 4.79 Å². The number of ether oxygens (including phenoxy) is 1. The van der Waals surface area contributed by atoms with Crippen molar-refractivity contribution in [3.8, 4) is 0 Å². The van der Waals surface area contributed by atoms with E-state index in [0.717, 1.165) is 32.1 Å². The minimum atomic E-state index is -0.689. The smallest absolute Gasteiger partial charge is 0.303 e. The Balaban J connectivity index is 2.30. The first-order valence-electron chi connectivity index (χ1n) is 9.27. The van der Waals surface area contributed by atoms with E-state index in [-0.39, 0.29) is 6.42 Å². The zero-order valence-corrected chi connectivity index (χ0v) is 15.0.